The first-order valence-corrected chi connectivity index (χ1v) is 12.9. The van der Waals surface area contributed by atoms with Gasteiger partial charge in [0.25, 0.3) is 0 Å². The fraction of sp³-hybridized carbons (Fsp3) is 0.222. The zero-order chi connectivity index (χ0) is 26.2. The number of fused-ring (bicyclic) bond motifs is 1. The molecule has 0 spiro atoms. The number of benzene rings is 1. The van der Waals surface area contributed by atoms with Crippen LogP contribution in [0, 0.1) is 0 Å². The molecule has 8 nitrogen and oxygen atoms in total. The number of hydrogen-bond acceptors (Lipinski definition) is 8. The second-order valence-electron chi connectivity index (χ2n) is 8.10. The molecule has 0 radical (unpaired) electrons. The summed E-state index contributed by atoms with van der Waals surface area (Å²) >= 11 is 8.01. The summed E-state index contributed by atoms with van der Waals surface area (Å²) in [7, 11) is 3.52. The Morgan fingerprint density at radius 3 is 2.78 bits per heavy atom. The number of anilines is 1. The zero-order valence-corrected chi connectivity index (χ0v) is 22.6. The number of ether oxygens (including phenoxy) is 1. The number of aromatic nitrogens is 4. The largest absolute Gasteiger partial charge is 0.491 e. The van der Waals surface area contributed by atoms with E-state index in [4.69, 9.17) is 21.2 Å². The molecule has 0 atom stereocenters. The quantitative estimate of drug-likeness (QED) is 0.204. The third-order valence-corrected chi connectivity index (χ3v) is 6.82. The van der Waals surface area contributed by atoms with Crippen molar-refractivity contribution in [3.63, 3.8) is 0 Å². The summed E-state index contributed by atoms with van der Waals surface area (Å²) < 4.78 is 6.22. The van der Waals surface area contributed by atoms with Gasteiger partial charge in [0.15, 0.2) is 5.82 Å². The second-order valence-corrected chi connectivity index (χ2v) is 9.72. The number of hydrogen-bond donors (Lipinski definition) is 2. The molecule has 0 amide bonds. The van der Waals surface area contributed by atoms with Crippen LogP contribution in [-0.2, 0) is 11.3 Å². The van der Waals surface area contributed by atoms with Crippen molar-refractivity contribution in [2.24, 2.45) is 0 Å². The number of allylic oxidation sites excluding steroid dienone is 1. The van der Waals surface area contributed by atoms with E-state index in [2.05, 4.69) is 32.1 Å². The van der Waals surface area contributed by atoms with E-state index in [1.165, 1.54) is 11.8 Å². The molecule has 10 heteroatoms. The van der Waals surface area contributed by atoms with Gasteiger partial charge in [-0.15, -0.1) is 0 Å². The number of aromatic amines is 1. The van der Waals surface area contributed by atoms with Gasteiger partial charge in [0.05, 0.1) is 36.0 Å². The first-order valence-electron chi connectivity index (χ1n) is 11.7. The summed E-state index contributed by atoms with van der Waals surface area (Å²) in [6.07, 6.45) is 6.20. The van der Waals surface area contributed by atoms with Crippen molar-refractivity contribution in [1.82, 2.24) is 25.2 Å². The van der Waals surface area contributed by atoms with Crippen LogP contribution in [0.5, 0.6) is 5.75 Å². The van der Waals surface area contributed by atoms with Crippen molar-refractivity contribution in [2.45, 2.75) is 13.3 Å². The highest BCUT2D eigenvalue weighted by Crippen LogP contribution is 2.37. The molecule has 0 fully saturated rings. The Labute approximate surface area is 225 Å². The number of nitrogens with zero attached hydrogens (tertiary/aromatic N) is 4. The molecular weight excluding hydrogens is 508 g/mol. The van der Waals surface area contributed by atoms with Gasteiger partial charge in [0.2, 0.25) is 0 Å². The smallest absolute Gasteiger partial charge is 0.160 e. The van der Waals surface area contributed by atoms with Crippen molar-refractivity contribution in [3.05, 3.63) is 88.2 Å². The maximum atomic E-state index is 6.48. The van der Waals surface area contributed by atoms with Gasteiger partial charge in [0.1, 0.15) is 11.3 Å². The monoisotopic (exact) mass is 536 g/mol. The van der Waals surface area contributed by atoms with Crippen molar-refractivity contribution in [2.75, 3.05) is 32.6 Å². The first kappa shape index (κ1) is 26.7. The number of H-pyrrole nitrogens is 1. The predicted octanol–water partition coefficient (Wildman–Crippen LogP) is 6.31. The molecule has 4 rings (SSSR count). The molecule has 1 aromatic carbocycles. The molecular formula is C27H29ClN6O2S. The van der Waals surface area contributed by atoms with Crippen LogP contribution < -0.4 is 10.1 Å². The van der Waals surface area contributed by atoms with Crippen LogP contribution in [0.15, 0.2) is 77.4 Å². The first-order chi connectivity index (χ1) is 18.0. The third kappa shape index (κ3) is 6.90. The van der Waals surface area contributed by atoms with Gasteiger partial charge in [0, 0.05) is 47.4 Å². The van der Waals surface area contributed by atoms with Gasteiger partial charge in [-0.2, -0.15) is 10.2 Å². The zero-order valence-electron chi connectivity index (χ0n) is 21.0. The molecule has 192 valence electrons. The molecule has 0 aliphatic heterocycles. The van der Waals surface area contributed by atoms with Gasteiger partial charge < -0.3 is 14.9 Å². The average molecular weight is 537 g/mol. The summed E-state index contributed by atoms with van der Waals surface area (Å²) in [5.41, 5.74) is 3.22. The van der Waals surface area contributed by atoms with E-state index >= 15 is 0 Å². The van der Waals surface area contributed by atoms with Crippen LogP contribution in [0.2, 0.25) is 5.02 Å². The minimum atomic E-state index is 0.452. The van der Waals surface area contributed by atoms with E-state index in [1.54, 1.807) is 30.6 Å². The van der Waals surface area contributed by atoms with Crippen LogP contribution in [0.1, 0.15) is 12.6 Å². The summed E-state index contributed by atoms with van der Waals surface area (Å²) in [5, 5.41) is 14.8. The van der Waals surface area contributed by atoms with Gasteiger partial charge in [-0.05, 0) is 43.3 Å². The SMILES string of the molecule is C=C(Nc1n[nH]c2c(OCCc3ccccn3)cc(-c3ncccc3Cl)cc12)S/C(=C\C)CN(C)OC. The molecule has 0 saturated carbocycles. The third-order valence-electron chi connectivity index (χ3n) is 5.53. The van der Waals surface area contributed by atoms with E-state index in [0.29, 0.717) is 41.9 Å². The van der Waals surface area contributed by atoms with Crippen LogP contribution >= 0.6 is 23.4 Å². The number of rotatable bonds is 12. The lowest BCUT2D eigenvalue weighted by Crippen LogP contribution is -2.18. The summed E-state index contributed by atoms with van der Waals surface area (Å²) in [4.78, 5) is 15.2. The molecule has 3 heterocycles. The Kier molecular flexibility index (Phi) is 9.19. The lowest BCUT2D eigenvalue weighted by molar-refractivity contribution is -0.0998. The van der Waals surface area contributed by atoms with E-state index in [9.17, 15) is 0 Å². The highest BCUT2D eigenvalue weighted by molar-refractivity contribution is 8.06. The van der Waals surface area contributed by atoms with E-state index < -0.39 is 0 Å². The Hall–Kier alpha value is -3.37. The minimum Gasteiger partial charge on any atom is -0.491 e. The molecule has 0 aliphatic rings. The lowest BCUT2D eigenvalue weighted by atomic mass is 10.1. The Bertz CT molecular complexity index is 1390. The fourth-order valence-electron chi connectivity index (χ4n) is 3.63. The average Bonchev–Trinajstić information content (AvgIpc) is 3.31. The Balaban J connectivity index is 1.62. The molecule has 0 unspecified atom stereocenters. The summed E-state index contributed by atoms with van der Waals surface area (Å²) in [6.45, 7) is 7.26. The van der Waals surface area contributed by atoms with Crippen LogP contribution in [0.4, 0.5) is 5.82 Å². The molecule has 2 N–H and O–H groups in total. The lowest BCUT2D eigenvalue weighted by Gasteiger charge is -2.16. The maximum Gasteiger partial charge on any atom is 0.160 e. The molecule has 0 saturated heterocycles. The molecule has 3 aromatic heterocycles. The highest BCUT2D eigenvalue weighted by Gasteiger charge is 2.17. The minimum absolute atomic E-state index is 0.452. The number of thioether (sulfide) groups is 1. The Morgan fingerprint density at radius 2 is 2.05 bits per heavy atom. The van der Waals surface area contributed by atoms with Crippen molar-refractivity contribution >= 4 is 40.1 Å². The number of hydroxylamine groups is 2. The van der Waals surface area contributed by atoms with Gasteiger partial charge >= 0.3 is 0 Å². The van der Waals surface area contributed by atoms with E-state index in [0.717, 1.165) is 32.1 Å². The molecule has 4 aromatic rings. The standard InChI is InChI=1S/C27H29ClN6O2S/c1-5-21(17-34(3)35-4)37-18(2)31-27-22-15-19(25-23(28)10-8-13-30-25)16-24(26(22)32-33-27)36-14-11-20-9-6-7-12-29-20/h5-10,12-13,15-16H,2,11,14,17H2,1,3-4H3,(H2,31,32,33)/b21-5-. The van der Waals surface area contributed by atoms with E-state index in [1.807, 2.05) is 56.4 Å². The maximum absolute atomic E-state index is 6.48. The summed E-state index contributed by atoms with van der Waals surface area (Å²) in [5.74, 6) is 1.28. The van der Waals surface area contributed by atoms with Gasteiger partial charge in [-0.3, -0.25) is 15.1 Å². The molecule has 0 aliphatic carbocycles. The Morgan fingerprint density at radius 1 is 1.22 bits per heavy atom. The topological polar surface area (TPSA) is 88.2 Å². The normalized spacial score (nSPS) is 11.8. The van der Waals surface area contributed by atoms with Gasteiger partial charge in [-0.1, -0.05) is 42.1 Å². The number of pyridine rings is 2. The van der Waals surface area contributed by atoms with Crippen LogP contribution in [0.3, 0.4) is 0 Å². The molecule has 37 heavy (non-hydrogen) atoms. The fourth-order valence-corrected chi connectivity index (χ4v) is 4.69. The number of halogens is 1. The molecule has 0 bridgehead atoms. The van der Waals surface area contributed by atoms with Crippen molar-refractivity contribution in [1.29, 1.82) is 0 Å². The van der Waals surface area contributed by atoms with E-state index in [-0.39, 0.29) is 0 Å². The van der Waals surface area contributed by atoms with Crippen LogP contribution in [-0.4, -0.2) is 52.5 Å². The van der Waals surface area contributed by atoms with Gasteiger partial charge in [-0.25, -0.2) is 0 Å². The van der Waals surface area contributed by atoms with Crippen molar-refractivity contribution < 1.29 is 9.57 Å². The predicted molar refractivity (Wildman–Crippen MR) is 152 cm³/mol. The second kappa shape index (κ2) is 12.7. The number of nitrogens with one attached hydrogen (secondary N) is 2. The van der Waals surface area contributed by atoms with Crippen LogP contribution in [0.25, 0.3) is 22.2 Å². The van der Waals surface area contributed by atoms with Crippen molar-refractivity contribution in [3.8, 4) is 17.0 Å². The highest BCUT2D eigenvalue weighted by atomic mass is 35.5. The number of likely N-dealkylation sites (N-methyl/N-ethyl adjacent to an activating group) is 1. The summed E-state index contributed by atoms with van der Waals surface area (Å²) in [6, 6.07) is 13.4.